The molecule has 2 aliphatic heterocycles. The van der Waals surface area contributed by atoms with Crippen LogP contribution in [-0.4, -0.2) is 37.8 Å². The first kappa shape index (κ1) is 21.8. The molecule has 0 amide bonds. The minimum absolute atomic E-state index is 0.194. The van der Waals surface area contributed by atoms with E-state index in [1.165, 1.54) is 4.91 Å². The van der Waals surface area contributed by atoms with E-state index in [0.29, 0.717) is 17.3 Å². The fourth-order valence-corrected chi connectivity index (χ4v) is 6.63. The van der Waals surface area contributed by atoms with Gasteiger partial charge in [0.1, 0.15) is 18.0 Å². The third-order valence-corrected chi connectivity index (χ3v) is 8.25. The van der Waals surface area contributed by atoms with E-state index in [1.807, 2.05) is 52.0 Å². The van der Waals surface area contributed by atoms with Crippen molar-refractivity contribution in [2.45, 2.75) is 53.7 Å². The van der Waals surface area contributed by atoms with E-state index in [4.69, 9.17) is 21.3 Å². The number of nitrogens with zero attached hydrogens (tertiary/aromatic N) is 4. The summed E-state index contributed by atoms with van der Waals surface area (Å²) in [6.45, 7) is 12.3. The second-order valence-electron chi connectivity index (χ2n) is 8.75. The summed E-state index contributed by atoms with van der Waals surface area (Å²) in [5, 5.41) is 10.4. The first-order chi connectivity index (χ1) is 14.6. The lowest BCUT2D eigenvalue weighted by Gasteiger charge is -2.26. The highest BCUT2D eigenvalue weighted by molar-refractivity contribution is 8.28. The van der Waals surface area contributed by atoms with E-state index < -0.39 is 16.5 Å². The van der Waals surface area contributed by atoms with Crippen LogP contribution >= 0.6 is 22.5 Å². The van der Waals surface area contributed by atoms with Crippen LogP contribution in [0.2, 0.25) is 5.02 Å². The Morgan fingerprint density at radius 3 is 2.48 bits per heavy atom. The number of thiol groups is 1. The Bertz CT molecular complexity index is 1150. The maximum Gasteiger partial charge on any atom is 0.315 e. The summed E-state index contributed by atoms with van der Waals surface area (Å²) < 4.78 is 7.76. The molecule has 4 rings (SSSR count). The topological polar surface area (TPSA) is 69.4 Å². The monoisotopic (exact) mass is 458 g/mol. The number of hydrogen-bond donors (Lipinski definition) is 1. The largest absolute Gasteiger partial charge is 0.459 e. The van der Waals surface area contributed by atoms with Gasteiger partial charge in [-0.1, -0.05) is 23.7 Å². The summed E-state index contributed by atoms with van der Waals surface area (Å²) in [6, 6.07) is 7.73. The van der Waals surface area contributed by atoms with Crippen LogP contribution in [0.5, 0.6) is 0 Å². The van der Waals surface area contributed by atoms with Crippen molar-refractivity contribution in [2.24, 2.45) is 4.99 Å². The minimum atomic E-state index is -0.952. The van der Waals surface area contributed by atoms with Gasteiger partial charge in [0.2, 0.25) is 0 Å². The molecule has 0 spiro atoms. The van der Waals surface area contributed by atoms with Gasteiger partial charge in [0, 0.05) is 16.2 Å². The number of esters is 1. The average molecular weight is 459 g/mol. The predicted octanol–water partition coefficient (Wildman–Crippen LogP) is 5.06. The van der Waals surface area contributed by atoms with Gasteiger partial charge in [0.15, 0.2) is 5.82 Å². The van der Waals surface area contributed by atoms with E-state index in [2.05, 4.69) is 28.6 Å². The molecule has 0 aliphatic carbocycles. The smallest absolute Gasteiger partial charge is 0.315 e. The van der Waals surface area contributed by atoms with Crippen molar-refractivity contribution in [3.05, 3.63) is 62.6 Å². The number of benzene rings is 1. The molecule has 1 aromatic heterocycles. The normalized spacial score (nSPS) is 19.7. The number of aryl methyl sites for hydroxylation is 1. The number of allylic oxidation sites excluding steroid dienone is 3. The van der Waals surface area contributed by atoms with Crippen molar-refractivity contribution in [1.29, 1.82) is 0 Å². The van der Waals surface area contributed by atoms with Crippen molar-refractivity contribution in [1.82, 2.24) is 14.8 Å². The minimum Gasteiger partial charge on any atom is -0.459 e. The van der Waals surface area contributed by atoms with Crippen molar-refractivity contribution in [2.75, 3.05) is 5.75 Å². The number of hydrogen-bond acceptors (Lipinski definition) is 5. The molecule has 164 valence electrons. The van der Waals surface area contributed by atoms with Gasteiger partial charge in [-0.25, -0.2) is 0 Å². The summed E-state index contributed by atoms with van der Waals surface area (Å²) in [5.74, 6) is 1.71. The number of aromatic nitrogens is 3. The molecule has 1 atom stereocenters. The van der Waals surface area contributed by atoms with Crippen LogP contribution in [0, 0.1) is 6.92 Å². The molecule has 0 saturated carbocycles. The molecular formula is C23H27ClN4O2S. The quantitative estimate of drug-likeness (QED) is 0.515. The molecule has 1 unspecified atom stereocenters. The van der Waals surface area contributed by atoms with Crippen LogP contribution in [-0.2, 0) is 16.1 Å². The molecule has 1 aromatic carbocycles. The zero-order valence-electron chi connectivity index (χ0n) is 18.7. The lowest BCUT2D eigenvalue weighted by Crippen LogP contribution is -2.26. The molecule has 0 bridgehead atoms. The fraction of sp³-hybridized carbons (Fsp3) is 0.391. The molecule has 2 aliphatic rings. The van der Waals surface area contributed by atoms with E-state index >= 15 is 0 Å². The van der Waals surface area contributed by atoms with E-state index in [-0.39, 0.29) is 5.97 Å². The number of halogens is 1. The number of ether oxygens (including phenoxy) is 1. The van der Waals surface area contributed by atoms with Crippen molar-refractivity contribution in [3.8, 4) is 0 Å². The Morgan fingerprint density at radius 2 is 1.84 bits per heavy atom. The third kappa shape index (κ3) is 4.08. The summed E-state index contributed by atoms with van der Waals surface area (Å²) in [4.78, 5) is 18.9. The Hall–Kier alpha value is -2.38. The van der Waals surface area contributed by atoms with Crippen LogP contribution in [0.1, 0.15) is 51.8 Å². The summed E-state index contributed by atoms with van der Waals surface area (Å²) in [6.07, 6.45) is 0. The van der Waals surface area contributed by atoms with Crippen LogP contribution in [0.4, 0.5) is 0 Å². The van der Waals surface area contributed by atoms with Gasteiger partial charge in [0.25, 0.3) is 0 Å². The number of fused-ring (bicyclic) bond motifs is 2. The maximum atomic E-state index is 12.8. The second-order valence-corrected chi connectivity index (χ2v) is 11.5. The van der Waals surface area contributed by atoms with Gasteiger partial charge in [-0.05, 0) is 64.2 Å². The average Bonchev–Trinajstić information content (AvgIpc) is 3.07. The van der Waals surface area contributed by atoms with Crippen molar-refractivity contribution >= 4 is 39.2 Å². The van der Waals surface area contributed by atoms with Gasteiger partial charge in [0.05, 0.1) is 16.5 Å². The Kier molecular flexibility index (Phi) is 5.60. The van der Waals surface area contributed by atoms with Crippen LogP contribution < -0.4 is 0 Å². The molecule has 3 heterocycles. The number of carbonyl (C=O) groups excluding carboxylic acids is 1. The third-order valence-electron chi connectivity index (χ3n) is 5.35. The summed E-state index contributed by atoms with van der Waals surface area (Å²) in [5.41, 5.74) is 3.60. The molecule has 8 heteroatoms. The summed E-state index contributed by atoms with van der Waals surface area (Å²) >= 11 is 6.12. The highest BCUT2D eigenvalue weighted by atomic mass is 35.5. The van der Waals surface area contributed by atoms with Gasteiger partial charge in [-0.15, -0.1) is 10.2 Å². The van der Waals surface area contributed by atoms with Gasteiger partial charge in [-0.3, -0.25) is 14.4 Å². The zero-order chi connectivity index (χ0) is 22.5. The Morgan fingerprint density at radius 1 is 1.16 bits per heavy atom. The highest BCUT2D eigenvalue weighted by Gasteiger charge is 2.36. The Labute approximate surface area is 190 Å². The maximum absolute atomic E-state index is 12.8. The standard InChI is InChI=1S/C23H27ClN4O2S/c1-13-14(2)31(12-19(29)30-23(4,5)6)22-20(13)21(16-7-9-17(24)10-8-16)25-11-18-27-26-15(3)28(18)22/h7-10,31H,11-12H2,1-6H3. The van der Waals surface area contributed by atoms with Crippen LogP contribution in [0.25, 0.3) is 5.03 Å². The molecule has 0 radical (unpaired) electrons. The SMILES string of the molecule is CC1=C(C)[SH](CC(=O)OC(C)(C)C)C2=C1C(c1ccc(Cl)cc1)=NCc1nnc(C)n12. The summed E-state index contributed by atoms with van der Waals surface area (Å²) in [7, 11) is -0.952. The lowest BCUT2D eigenvalue weighted by molar-refractivity contribution is -0.151. The van der Waals surface area contributed by atoms with Gasteiger partial charge < -0.3 is 4.74 Å². The van der Waals surface area contributed by atoms with Gasteiger partial charge >= 0.3 is 5.97 Å². The van der Waals surface area contributed by atoms with Crippen LogP contribution in [0.3, 0.4) is 0 Å². The number of rotatable bonds is 3. The van der Waals surface area contributed by atoms with E-state index in [1.54, 1.807) is 0 Å². The van der Waals surface area contributed by atoms with Gasteiger partial charge in [-0.2, -0.15) is 10.9 Å². The molecule has 2 aromatic rings. The molecule has 0 saturated heterocycles. The molecule has 31 heavy (non-hydrogen) atoms. The van der Waals surface area contributed by atoms with Crippen molar-refractivity contribution in [3.63, 3.8) is 0 Å². The number of aliphatic imine (C=N–C) groups is 1. The van der Waals surface area contributed by atoms with E-state index in [9.17, 15) is 4.79 Å². The number of carbonyl (C=O) groups is 1. The molecular weight excluding hydrogens is 432 g/mol. The second kappa shape index (κ2) is 7.95. The highest BCUT2D eigenvalue weighted by Crippen LogP contribution is 2.57. The first-order valence-electron chi connectivity index (χ1n) is 10.2. The molecule has 0 N–H and O–H groups in total. The van der Waals surface area contributed by atoms with Crippen LogP contribution in [0.15, 0.2) is 45.3 Å². The Balaban J connectivity index is 1.87. The predicted molar refractivity (Wildman–Crippen MR) is 128 cm³/mol. The first-order valence-corrected chi connectivity index (χ1v) is 12.1. The fourth-order valence-electron chi connectivity index (χ4n) is 3.91. The van der Waals surface area contributed by atoms with Crippen molar-refractivity contribution < 1.29 is 9.53 Å². The lowest BCUT2D eigenvalue weighted by atomic mass is 9.97. The molecule has 0 fully saturated rings. The zero-order valence-corrected chi connectivity index (χ0v) is 20.3. The van der Waals surface area contributed by atoms with E-state index in [0.717, 1.165) is 39.1 Å². The molecule has 6 nitrogen and oxygen atoms in total.